The van der Waals surface area contributed by atoms with E-state index in [-0.39, 0.29) is 0 Å². The van der Waals surface area contributed by atoms with E-state index >= 15 is 0 Å². The lowest BCUT2D eigenvalue weighted by molar-refractivity contribution is 0.101. The van der Waals surface area contributed by atoms with Crippen LogP contribution in [0.3, 0.4) is 0 Å². The molecule has 3 unspecified atom stereocenters. The third kappa shape index (κ3) is 2.57. The highest BCUT2D eigenvalue weighted by molar-refractivity contribution is 5.20. The van der Waals surface area contributed by atoms with Crippen LogP contribution in [0, 0.1) is 11.8 Å². The summed E-state index contributed by atoms with van der Waals surface area (Å²) in [6, 6.07) is 0. The van der Waals surface area contributed by atoms with E-state index in [4.69, 9.17) is 4.74 Å². The first-order valence-corrected chi connectivity index (χ1v) is 6.29. The molecule has 3 atom stereocenters. The smallest absolute Gasteiger partial charge is 0.238 e. The maximum atomic E-state index is 10.4. The zero-order valence-corrected chi connectivity index (χ0v) is 10.5. The van der Waals surface area contributed by atoms with Gasteiger partial charge in [-0.1, -0.05) is 19.8 Å². The van der Waals surface area contributed by atoms with Crippen molar-refractivity contribution < 1.29 is 9.84 Å². The quantitative estimate of drug-likeness (QED) is 0.871. The van der Waals surface area contributed by atoms with E-state index in [0.717, 1.165) is 18.8 Å². The highest BCUT2D eigenvalue weighted by Crippen LogP contribution is 2.41. The van der Waals surface area contributed by atoms with E-state index < -0.39 is 6.10 Å². The minimum absolute atomic E-state index is 0.297. The minimum atomic E-state index is -0.546. The Bertz CT molecular complexity index is 370. The molecule has 1 heterocycles. The summed E-state index contributed by atoms with van der Waals surface area (Å²) in [6.45, 7) is 2.21. The van der Waals surface area contributed by atoms with Gasteiger partial charge in [-0.3, -0.25) is 4.98 Å². The largest absolute Gasteiger partial charge is 0.480 e. The van der Waals surface area contributed by atoms with Crippen LogP contribution in [0.25, 0.3) is 0 Å². The van der Waals surface area contributed by atoms with Crippen molar-refractivity contribution >= 4 is 0 Å². The van der Waals surface area contributed by atoms with Gasteiger partial charge in [-0.2, -0.15) is 0 Å². The first-order chi connectivity index (χ1) is 8.26. The Kier molecular flexibility index (Phi) is 3.94. The molecule has 17 heavy (non-hydrogen) atoms. The van der Waals surface area contributed by atoms with Crippen LogP contribution in [0.5, 0.6) is 5.88 Å². The van der Waals surface area contributed by atoms with Gasteiger partial charge >= 0.3 is 0 Å². The van der Waals surface area contributed by atoms with Crippen LogP contribution in [0.15, 0.2) is 12.4 Å². The standard InChI is InChI=1S/C13H20N2O2/c1-3-9-4-5-10(8-9)12(16)11-13(17-2)15-7-6-14-11/h6-7,9-10,12,16H,3-5,8H2,1-2H3. The number of hydrogen-bond acceptors (Lipinski definition) is 4. The fourth-order valence-corrected chi connectivity index (χ4v) is 2.69. The van der Waals surface area contributed by atoms with Gasteiger partial charge in [0, 0.05) is 12.4 Å². The van der Waals surface area contributed by atoms with Gasteiger partial charge < -0.3 is 9.84 Å². The number of methoxy groups -OCH3 is 1. The Morgan fingerprint density at radius 3 is 2.82 bits per heavy atom. The average Bonchev–Trinajstić information content (AvgIpc) is 2.86. The summed E-state index contributed by atoms with van der Waals surface area (Å²) in [5.41, 5.74) is 0.580. The molecule has 1 aliphatic carbocycles. The molecule has 1 aliphatic rings. The molecule has 4 nitrogen and oxygen atoms in total. The Balaban J connectivity index is 2.11. The highest BCUT2D eigenvalue weighted by Gasteiger charge is 2.32. The average molecular weight is 236 g/mol. The van der Waals surface area contributed by atoms with Crippen molar-refractivity contribution in [2.24, 2.45) is 11.8 Å². The van der Waals surface area contributed by atoms with Crippen LogP contribution < -0.4 is 4.74 Å². The second-order valence-corrected chi connectivity index (χ2v) is 4.74. The van der Waals surface area contributed by atoms with Gasteiger partial charge in [0.25, 0.3) is 0 Å². The normalized spacial score (nSPS) is 25.8. The van der Waals surface area contributed by atoms with Gasteiger partial charge in [-0.05, 0) is 24.7 Å². The van der Waals surface area contributed by atoms with Crippen LogP contribution in [0.2, 0.25) is 0 Å². The first-order valence-electron chi connectivity index (χ1n) is 6.29. The number of aromatic nitrogens is 2. The van der Waals surface area contributed by atoms with E-state index in [1.54, 1.807) is 19.5 Å². The van der Waals surface area contributed by atoms with Crippen molar-refractivity contribution in [1.29, 1.82) is 0 Å². The molecule has 1 saturated carbocycles. The van der Waals surface area contributed by atoms with E-state index in [9.17, 15) is 5.11 Å². The van der Waals surface area contributed by atoms with E-state index in [1.807, 2.05) is 0 Å². The van der Waals surface area contributed by atoms with Crippen molar-refractivity contribution in [2.75, 3.05) is 7.11 Å². The molecule has 2 rings (SSSR count). The fraction of sp³-hybridized carbons (Fsp3) is 0.692. The highest BCUT2D eigenvalue weighted by atomic mass is 16.5. The second-order valence-electron chi connectivity index (χ2n) is 4.74. The van der Waals surface area contributed by atoms with E-state index in [1.165, 1.54) is 12.8 Å². The van der Waals surface area contributed by atoms with Crippen LogP contribution in [-0.4, -0.2) is 22.2 Å². The zero-order valence-electron chi connectivity index (χ0n) is 10.5. The zero-order chi connectivity index (χ0) is 12.3. The van der Waals surface area contributed by atoms with Crippen molar-refractivity contribution in [3.05, 3.63) is 18.1 Å². The summed E-state index contributed by atoms with van der Waals surface area (Å²) in [5.74, 6) is 1.49. The summed E-state index contributed by atoms with van der Waals surface area (Å²) in [7, 11) is 1.56. The third-order valence-electron chi connectivity index (χ3n) is 3.77. The van der Waals surface area contributed by atoms with Crippen molar-refractivity contribution in [3.63, 3.8) is 0 Å². The fourth-order valence-electron chi connectivity index (χ4n) is 2.69. The van der Waals surface area contributed by atoms with Crippen LogP contribution in [0.4, 0.5) is 0 Å². The number of ether oxygens (including phenoxy) is 1. The Morgan fingerprint density at radius 2 is 2.18 bits per heavy atom. The summed E-state index contributed by atoms with van der Waals surface area (Å²) >= 11 is 0. The molecule has 0 bridgehead atoms. The van der Waals surface area contributed by atoms with E-state index in [2.05, 4.69) is 16.9 Å². The van der Waals surface area contributed by atoms with Gasteiger partial charge in [0.1, 0.15) is 11.8 Å². The molecular weight excluding hydrogens is 216 g/mol. The minimum Gasteiger partial charge on any atom is -0.480 e. The predicted molar refractivity (Wildman–Crippen MR) is 64.7 cm³/mol. The molecule has 0 spiro atoms. The van der Waals surface area contributed by atoms with Crippen molar-refractivity contribution in [2.45, 2.75) is 38.7 Å². The Hall–Kier alpha value is -1.16. The lowest BCUT2D eigenvalue weighted by Crippen LogP contribution is -2.13. The van der Waals surface area contributed by atoms with E-state index in [0.29, 0.717) is 17.5 Å². The molecule has 1 fully saturated rings. The number of nitrogens with zero attached hydrogens (tertiary/aromatic N) is 2. The summed E-state index contributed by atoms with van der Waals surface area (Å²) < 4.78 is 5.15. The molecule has 0 saturated heterocycles. The monoisotopic (exact) mass is 236 g/mol. The predicted octanol–water partition coefficient (Wildman–Crippen LogP) is 2.34. The second kappa shape index (κ2) is 5.45. The van der Waals surface area contributed by atoms with Gasteiger partial charge in [0.05, 0.1) is 7.11 Å². The molecule has 1 aromatic rings. The van der Waals surface area contributed by atoms with Gasteiger partial charge in [-0.15, -0.1) is 0 Å². The van der Waals surface area contributed by atoms with Crippen LogP contribution in [0.1, 0.15) is 44.4 Å². The maximum Gasteiger partial charge on any atom is 0.238 e. The Labute approximate surface area is 102 Å². The molecule has 0 amide bonds. The Morgan fingerprint density at radius 1 is 1.41 bits per heavy atom. The summed E-state index contributed by atoms with van der Waals surface area (Å²) in [6.07, 6.45) is 7.19. The van der Waals surface area contributed by atoms with Crippen molar-refractivity contribution in [1.82, 2.24) is 9.97 Å². The number of hydrogen-bond donors (Lipinski definition) is 1. The number of rotatable bonds is 4. The van der Waals surface area contributed by atoms with Crippen LogP contribution in [-0.2, 0) is 0 Å². The lowest BCUT2D eigenvalue weighted by atomic mass is 9.96. The van der Waals surface area contributed by atoms with Gasteiger partial charge in [-0.25, -0.2) is 4.98 Å². The number of aliphatic hydroxyl groups is 1. The van der Waals surface area contributed by atoms with Gasteiger partial charge in [0.15, 0.2) is 0 Å². The number of aliphatic hydroxyl groups excluding tert-OH is 1. The van der Waals surface area contributed by atoms with Crippen molar-refractivity contribution in [3.8, 4) is 5.88 Å². The molecule has 0 radical (unpaired) electrons. The molecule has 1 N–H and O–H groups in total. The molecule has 0 aliphatic heterocycles. The molecule has 4 heteroatoms. The molecule has 1 aromatic heterocycles. The lowest BCUT2D eigenvalue weighted by Gasteiger charge is -2.18. The van der Waals surface area contributed by atoms with Gasteiger partial charge in [0.2, 0.25) is 5.88 Å². The first kappa shape index (κ1) is 12.3. The molecule has 0 aromatic carbocycles. The molecule has 94 valence electrons. The summed E-state index contributed by atoms with van der Waals surface area (Å²) in [4.78, 5) is 8.29. The molecular formula is C13H20N2O2. The maximum absolute atomic E-state index is 10.4. The summed E-state index contributed by atoms with van der Waals surface area (Å²) in [5, 5.41) is 10.4. The third-order valence-corrected chi connectivity index (χ3v) is 3.77. The van der Waals surface area contributed by atoms with Crippen LogP contribution >= 0.6 is 0 Å². The SMILES string of the molecule is CCC1CCC(C(O)c2nccnc2OC)C1. The topological polar surface area (TPSA) is 55.2 Å².